The Labute approximate surface area is 206 Å². The van der Waals surface area contributed by atoms with E-state index in [1.54, 1.807) is 6.20 Å². The molecule has 2 heterocycles. The van der Waals surface area contributed by atoms with Crippen LogP contribution in [-0.4, -0.2) is 22.8 Å². The third-order valence-corrected chi connectivity index (χ3v) is 6.87. The van der Waals surface area contributed by atoms with Crippen molar-refractivity contribution in [3.63, 3.8) is 0 Å². The Morgan fingerprint density at radius 3 is 2.77 bits per heavy atom. The fourth-order valence-electron chi connectivity index (χ4n) is 4.95. The minimum Gasteiger partial charge on any atom is -0.457 e. The van der Waals surface area contributed by atoms with Gasteiger partial charge in [-0.05, 0) is 85.5 Å². The van der Waals surface area contributed by atoms with Crippen molar-refractivity contribution in [3.05, 3.63) is 82.0 Å². The van der Waals surface area contributed by atoms with Gasteiger partial charge in [-0.2, -0.15) is 0 Å². The summed E-state index contributed by atoms with van der Waals surface area (Å²) in [5.74, 6) is 2.40. The summed E-state index contributed by atoms with van der Waals surface area (Å²) in [7, 11) is 0. The quantitative estimate of drug-likeness (QED) is 0.519. The fourth-order valence-corrected chi connectivity index (χ4v) is 4.95. The topological polar surface area (TPSA) is 80.3 Å². The van der Waals surface area contributed by atoms with Crippen molar-refractivity contribution >= 4 is 17.6 Å². The molecule has 0 radical (unpaired) electrons. The van der Waals surface area contributed by atoms with Crippen LogP contribution in [0.4, 0.5) is 5.82 Å². The zero-order chi connectivity index (χ0) is 24.5. The van der Waals surface area contributed by atoms with Crippen molar-refractivity contribution in [3.8, 4) is 11.5 Å². The molecule has 0 spiro atoms. The number of aryl methyl sites for hydroxylation is 2. The van der Waals surface area contributed by atoms with Gasteiger partial charge in [0, 0.05) is 29.8 Å². The Hall–Kier alpha value is -3.67. The largest absolute Gasteiger partial charge is 0.457 e. The van der Waals surface area contributed by atoms with E-state index in [1.807, 2.05) is 31.2 Å². The average molecular weight is 470 g/mol. The Kier molecular flexibility index (Phi) is 6.29. The van der Waals surface area contributed by atoms with E-state index in [1.165, 1.54) is 16.7 Å². The molecular weight excluding hydrogens is 438 g/mol. The van der Waals surface area contributed by atoms with Crippen molar-refractivity contribution in [1.82, 2.24) is 10.3 Å². The molecule has 6 heteroatoms. The molecule has 0 saturated carbocycles. The van der Waals surface area contributed by atoms with Gasteiger partial charge in [0.25, 0.3) is 5.91 Å². The van der Waals surface area contributed by atoms with E-state index in [0.717, 1.165) is 47.5 Å². The Bertz CT molecular complexity index is 1300. The van der Waals surface area contributed by atoms with Gasteiger partial charge in [0.2, 0.25) is 5.91 Å². The fraction of sp³-hybridized carbons (Fsp3) is 0.345. The summed E-state index contributed by atoms with van der Waals surface area (Å²) in [6, 6.07) is 14.2. The number of carbonyl (C=O) groups excluding carboxylic acids is 2. The molecule has 3 aromatic rings. The molecule has 1 aromatic heterocycles. The second kappa shape index (κ2) is 9.53. The van der Waals surface area contributed by atoms with Gasteiger partial charge in [-0.15, -0.1) is 0 Å². The summed E-state index contributed by atoms with van der Waals surface area (Å²) < 4.78 is 6.23. The van der Waals surface area contributed by atoms with Crippen LogP contribution in [-0.2, 0) is 24.1 Å². The summed E-state index contributed by atoms with van der Waals surface area (Å²) in [5.41, 5.74) is 6.44. The van der Waals surface area contributed by atoms with Crippen LogP contribution in [0.5, 0.6) is 11.5 Å². The van der Waals surface area contributed by atoms with E-state index in [-0.39, 0.29) is 17.9 Å². The smallest absolute Gasteiger partial charge is 0.251 e. The van der Waals surface area contributed by atoms with Crippen molar-refractivity contribution in [1.29, 1.82) is 0 Å². The van der Waals surface area contributed by atoms with Crippen LogP contribution in [0.25, 0.3) is 0 Å². The summed E-state index contributed by atoms with van der Waals surface area (Å²) in [5, 5.41) is 6.07. The maximum absolute atomic E-state index is 13.0. The van der Waals surface area contributed by atoms with Crippen LogP contribution in [0, 0.1) is 6.92 Å². The first-order chi connectivity index (χ1) is 16.9. The van der Waals surface area contributed by atoms with Crippen LogP contribution in [0.1, 0.15) is 70.8 Å². The third-order valence-electron chi connectivity index (χ3n) is 6.87. The first kappa shape index (κ1) is 23.1. The number of nitrogens with one attached hydrogen (secondary N) is 2. The Morgan fingerprint density at radius 1 is 1.09 bits per heavy atom. The van der Waals surface area contributed by atoms with E-state index in [4.69, 9.17) is 4.74 Å². The number of carbonyl (C=O) groups is 2. The number of pyridine rings is 1. The van der Waals surface area contributed by atoms with Gasteiger partial charge in [-0.3, -0.25) is 9.59 Å². The molecule has 5 rings (SSSR count). The zero-order valence-electron chi connectivity index (χ0n) is 20.5. The number of nitrogens with zero attached hydrogens (tertiary/aromatic N) is 1. The first-order valence-corrected chi connectivity index (χ1v) is 12.4. The van der Waals surface area contributed by atoms with E-state index in [0.29, 0.717) is 24.6 Å². The van der Waals surface area contributed by atoms with Gasteiger partial charge in [0.1, 0.15) is 17.3 Å². The molecule has 0 bridgehead atoms. The molecule has 1 aliphatic carbocycles. The molecule has 180 valence electrons. The van der Waals surface area contributed by atoms with Gasteiger partial charge < -0.3 is 15.4 Å². The second-order valence-electron chi connectivity index (χ2n) is 9.92. The molecule has 6 nitrogen and oxygen atoms in total. The number of rotatable bonds is 5. The van der Waals surface area contributed by atoms with E-state index in [9.17, 15) is 9.59 Å². The highest BCUT2D eigenvalue weighted by molar-refractivity contribution is 5.95. The number of hydrogen-bond donors (Lipinski definition) is 2. The number of amides is 2. The number of benzene rings is 2. The predicted octanol–water partition coefficient (Wildman–Crippen LogP) is 5.48. The molecule has 0 fully saturated rings. The highest BCUT2D eigenvalue weighted by Crippen LogP contribution is 2.34. The van der Waals surface area contributed by atoms with Gasteiger partial charge >= 0.3 is 0 Å². The minimum atomic E-state index is -0.0184. The van der Waals surface area contributed by atoms with Gasteiger partial charge in [0.15, 0.2) is 0 Å². The minimum absolute atomic E-state index is 0.0121. The Morgan fingerprint density at radius 2 is 1.94 bits per heavy atom. The number of hydrogen-bond acceptors (Lipinski definition) is 4. The van der Waals surface area contributed by atoms with Crippen LogP contribution < -0.4 is 15.4 Å². The molecule has 2 aromatic carbocycles. The normalized spacial score (nSPS) is 16.8. The monoisotopic (exact) mass is 469 g/mol. The highest BCUT2D eigenvalue weighted by atomic mass is 16.5. The van der Waals surface area contributed by atoms with Gasteiger partial charge in [-0.25, -0.2) is 4.98 Å². The number of ether oxygens (including phenoxy) is 1. The van der Waals surface area contributed by atoms with Crippen molar-refractivity contribution in [2.45, 2.75) is 64.8 Å². The van der Waals surface area contributed by atoms with Crippen molar-refractivity contribution in [2.24, 2.45) is 0 Å². The number of aromatic nitrogens is 1. The predicted molar refractivity (Wildman–Crippen MR) is 136 cm³/mol. The van der Waals surface area contributed by atoms with E-state index in [2.05, 4.69) is 47.7 Å². The number of anilines is 1. The SMILES string of the molecule is Cc1cc(C(=O)NC2CCc3ccc(Oc4ccnc5c4CCC(=O)N5)cc3C2)cc(C(C)C)c1. The Balaban J connectivity index is 1.30. The van der Waals surface area contributed by atoms with Gasteiger partial charge in [-0.1, -0.05) is 31.5 Å². The van der Waals surface area contributed by atoms with E-state index < -0.39 is 0 Å². The molecule has 2 aliphatic rings. The summed E-state index contributed by atoms with van der Waals surface area (Å²) >= 11 is 0. The maximum Gasteiger partial charge on any atom is 0.251 e. The number of fused-ring (bicyclic) bond motifs is 2. The van der Waals surface area contributed by atoms with Crippen LogP contribution in [0.2, 0.25) is 0 Å². The standard InChI is InChI=1S/C29H31N3O3/c1-17(2)20-12-18(3)13-22(14-20)29(34)31-23-6-4-19-5-7-24(16-21(19)15-23)35-26-10-11-30-28-25(26)8-9-27(33)32-28/h5,7,10-14,16-17,23H,4,6,8-9,15H2,1-3H3,(H,31,34)(H,30,32,33). The molecule has 0 saturated heterocycles. The van der Waals surface area contributed by atoms with Crippen LogP contribution in [0.3, 0.4) is 0 Å². The molecule has 1 aliphatic heterocycles. The summed E-state index contributed by atoms with van der Waals surface area (Å²) in [6.07, 6.45) is 5.30. The van der Waals surface area contributed by atoms with E-state index >= 15 is 0 Å². The van der Waals surface area contributed by atoms with Crippen molar-refractivity contribution < 1.29 is 14.3 Å². The lowest BCUT2D eigenvalue weighted by Gasteiger charge is -2.26. The first-order valence-electron chi connectivity index (χ1n) is 12.4. The van der Waals surface area contributed by atoms with Crippen LogP contribution >= 0.6 is 0 Å². The van der Waals surface area contributed by atoms with Gasteiger partial charge in [0.05, 0.1) is 0 Å². The van der Waals surface area contributed by atoms with Crippen molar-refractivity contribution in [2.75, 3.05) is 5.32 Å². The molecular formula is C29H31N3O3. The molecule has 1 unspecified atom stereocenters. The lowest BCUT2D eigenvalue weighted by atomic mass is 9.88. The second-order valence-corrected chi connectivity index (χ2v) is 9.92. The summed E-state index contributed by atoms with van der Waals surface area (Å²) in [6.45, 7) is 6.33. The lowest BCUT2D eigenvalue weighted by Crippen LogP contribution is -2.38. The van der Waals surface area contributed by atoms with Crippen LogP contribution in [0.15, 0.2) is 48.7 Å². The highest BCUT2D eigenvalue weighted by Gasteiger charge is 2.23. The lowest BCUT2D eigenvalue weighted by molar-refractivity contribution is -0.116. The molecule has 2 N–H and O–H groups in total. The molecule has 2 amide bonds. The molecule has 1 atom stereocenters. The average Bonchev–Trinajstić information content (AvgIpc) is 2.83. The molecule has 35 heavy (non-hydrogen) atoms. The maximum atomic E-state index is 13.0. The summed E-state index contributed by atoms with van der Waals surface area (Å²) in [4.78, 5) is 29.0. The zero-order valence-corrected chi connectivity index (χ0v) is 20.5. The third kappa shape index (κ3) is 5.06.